The summed E-state index contributed by atoms with van der Waals surface area (Å²) in [4.78, 5) is 13.6. The molecule has 3 heterocycles. The number of thiophene rings is 1. The third-order valence-electron chi connectivity index (χ3n) is 5.02. The van der Waals surface area contributed by atoms with E-state index < -0.39 is 0 Å². The summed E-state index contributed by atoms with van der Waals surface area (Å²) in [6, 6.07) is 8.36. The van der Waals surface area contributed by atoms with Crippen LogP contribution >= 0.6 is 11.3 Å². The van der Waals surface area contributed by atoms with Gasteiger partial charge in [-0.2, -0.15) is 0 Å². The third-order valence-corrected chi connectivity index (χ3v) is 5.95. The van der Waals surface area contributed by atoms with E-state index in [4.69, 9.17) is 4.74 Å². The summed E-state index contributed by atoms with van der Waals surface area (Å²) in [7, 11) is 1.85. The van der Waals surface area contributed by atoms with Crippen molar-refractivity contribution >= 4 is 22.3 Å². The molecular weight excluding hydrogens is 358 g/mol. The lowest BCUT2D eigenvalue weighted by atomic mass is 10.2. The molecule has 4 rings (SSSR count). The molecule has 1 aliphatic carbocycles. The predicted octanol–water partition coefficient (Wildman–Crippen LogP) is 2.83. The monoisotopic (exact) mass is 385 g/mol. The summed E-state index contributed by atoms with van der Waals surface area (Å²) in [6.07, 6.45) is 4.40. The second-order valence-electron chi connectivity index (χ2n) is 7.08. The molecule has 0 aromatic carbocycles. The number of pyridine rings is 1. The molecule has 2 fully saturated rings. The van der Waals surface area contributed by atoms with Crippen LogP contribution in [0.1, 0.15) is 18.4 Å². The number of guanidine groups is 1. The molecule has 7 heteroatoms. The highest BCUT2D eigenvalue weighted by atomic mass is 32.1. The van der Waals surface area contributed by atoms with Crippen LogP contribution in [-0.4, -0.2) is 55.7 Å². The quantitative estimate of drug-likeness (QED) is 0.612. The van der Waals surface area contributed by atoms with Crippen LogP contribution in [0.5, 0.6) is 5.88 Å². The van der Waals surface area contributed by atoms with Gasteiger partial charge in [0.05, 0.1) is 11.6 Å². The summed E-state index contributed by atoms with van der Waals surface area (Å²) >= 11 is 1.81. The Morgan fingerprint density at radius 3 is 2.85 bits per heavy atom. The fourth-order valence-electron chi connectivity index (χ4n) is 3.23. The molecular formula is C20H27N5OS. The van der Waals surface area contributed by atoms with Crippen molar-refractivity contribution in [2.75, 3.05) is 44.7 Å². The van der Waals surface area contributed by atoms with E-state index in [0.717, 1.165) is 62.7 Å². The number of aromatic nitrogens is 1. The van der Waals surface area contributed by atoms with Gasteiger partial charge in [-0.05, 0) is 47.9 Å². The highest BCUT2D eigenvalue weighted by Gasteiger charge is 2.22. The number of piperazine rings is 1. The van der Waals surface area contributed by atoms with E-state index in [2.05, 4.69) is 42.6 Å². The van der Waals surface area contributed by atoms with E-state index in [-0.39, 0.29) is 0 Å². The van der Waals surface area contributed by atoms with Gasteiger partial charge in [0.2, 0.25) is 5.88 Å². The van der Waals surface area contributed by atoms with Gasteiger partial charge in [0.1, 0.15) is 0 Å². The first kappa shape index (κ1) is 18.1. The first-order valence-corrected chi connectivity index (χ1v) is 10.5. The van der Waals surface area contributed by atoms with E-state index in [9.17, 15) is 0 Å². The summed E-state index contributed by atoms with van der Waals surface area (Å²) in [5.41, 5.74) is 1.16. The highest BCUT2D eigenvalue weighted by molar-refractivity contribution is 7.14. The molecule has 1 N–H and O–H groups in total. The van der Waals surface area contributed by atoms with Crippen molar-refractivity contribution in [3.63, 3.8) is 0 Å². The second kappa shape index (κ2) is 8.61. The first-order chi connectivity index (χ1) is 13.3. The molecule has 1 saturated carbocycles. The van der Waals surface area contributed by atoms with Gasteiger partial charge >= 0.3 is 0 Å². The molecule has 2 aromatic heterocycles. The Kier molecular flexibility index (Phi) is 5.77. The minimum atomic E-state index is 0.722. The largest absolute Gasteiger partial charge is 0.477 e. The zero-order chi connectivity index (χ0) is 18.5. The Hall–Kier alpha value is -2.28. The SMILES string of the molecule is CN=C(NCc1ccnc(OCC2CC2)c1)N1CCN(c2cccs2)CC1. The average molecular weight is 386 g/mol. The van der Waals surface area contributed by atoms with Crippen molar-refractivity contribution in [1.82, 2.24) is 15.2 Å². The Morgan fingerprint density at radius 1 is 1.30 bits per heavy atom. The van der Waals surface area contributed by atoms with Gasteiger partial charge < -0.3 is 19.9 Å². The lowest BCUT2D eigenvalue weighted by molar-refractivity contribution is 0.288. The summed E-state index contributed by atoms with van der Waals surface area (Å²) in [5, 5.41) is 6.98. The molecule has 6 nitrogen and oxygen atoms in total. The number of nitrogens with zero attached hydrogens (tertiary/aromatic N) is 4. The zero-order valence-corrected chi connectivity index (χ0v) is 16.6. The molecule has 0 spiro atoms. The predicted molar refractivity (Wildman–Crippen MR) is 111 cm³/mol. The Balaban J connectivity index is 1.27. The van der Waals surface area contributed by atoms with Crippen LogP contribution in [0.4, 0.5) is 5.00 Å². The molecule has 0 amide bonds. The molecule has 0 atom stereocenters. The molecule has 0 radical (unpaired) electrons. The number of hydrogen-bond donors (Lipinski definition) is 1. The van der Waals surface area contributed by atoms with E-state index in [1.807, 2.05) is 25.4 Å². The molecule has 2 aromatic rings. The Bertz CT molecular complexity index is 751. The number of hydrogen-bond acceptors (Lipinski definition) is 5. The van der Waals surface area contributed by atoms with Gasteiger partial charge in [-0.3, -0.25) is 4.99 Å². The van der Waals surface area contributed by atoms with Crippen molar-refractivity contribution in [1.29, 1.82) is 0 Å². The van der Waals surface area contributed by atoms with Gasteiger partial charge in [0.25, 0.3) is 0 Å². The molecule has 1 saturated heterocycles. The van der Waals surface area contributed by atoms with Crippen molar-refractivity contribution in [3.05, 3.63) is 41.4 Å². The number of rotatable bonds is 6. The van der Waals surface area contributed by atoms with Crippen LogP contribution in [0.15, 0.2) is 40.8 Å². The van der Waals surface area contributed by atoms with Crippen molar-refractivity contribution in [2.45, 2.75) is 19.4 Å². The zero-order valence-electron chi connectivity index (χ0n) is 15.8. The van der Waals surface area contributed by atoms with Crippen LogP contribution in [0.3, 0.4) is 0 Å². The average Bonchev–Trinajstić information content (AvgIpc) is 3.39. The van der Waals surface area contributed by atoms with Crippen LogP contribution in [0.2, 0.25) is 0 Å². The standard InChI is InChI=1S/C20H27N5OS/c1-21-20(25-10-8-24(9-11-25)19-3-2-12-27-19)23-14-17-6-7-22-18(13-17)26-15-16-4-5-16/h2-3,6-7,12-13,16H,4-5,8-11,14-15H2,1H3,(H,21,23). The molecule has 1 aliphatic heterocycles. The normalized spacial score (nSPS) is 17.9. The number of anilines is 1. The maximum absolute atomic E-state index is 5.78. The van der Waals surface area contributed by atoms with Gasteiger partial charge in [-0.15, -0.1) is 11.3 Å². The van der Waals surface area contributed by atoms with Crippen LogP contribution < -0.4 is 15.0 Å². The summed E-state index contributed by atoms with van der Waals surface area (Å²) in [5.74, 6) is 2.42. The highest BCUT2D eigenvalue weighted by Crippen LogP contribution is 2.29. The first-order valence-electron chi connectivity index (χ1n) is 9.63. The van der Waals surface area contributed by atoms with Crippen molar-refractivity contribution in [2.24, 2.45) is 10.9 Å². The minimum absolute atomic E-state index is 0.722. The molecule has 2 aliphatic rings. The minimum Gasteiger partial charge on any atom is -0.477 e. The summed E-state index contributed by atoms with van der Waals surface area (Å²) < 4.78 is 5.78. The smallest absolute Gasteiger partial charge is 0.213 e. The third kappa shape index (κ3) is 4.91. The Morgan fingerprint density at radius 2 is 2.15 bits per heavy atom. The lowest BCUT2D eigenvalue weighted by Gasteiger charge is -2.37. The lowest BCUT2D eigenvalue weighted by Crippen LogP contribution is -2.52. The van der Waals surface area contributed by atoms with Crippen LogP contribution in [0.25, 0.3) is 0 Å². The van der Waals surface area contributed by atoms with E-state index in [1.54, 1.807) is 11.3 Å². The fourth-order valence-corrected chi connectivity index (χ4v) is 4.01. The molecule has 0 bridgehead atoms. The molecule has 0 unspecified atom stereocenters. The van der Waals surface area contributed by atoms with Crippen molar-refractivity contribution in [3.8, 4) is 5.88 Å². The maximum atomic E-state index is 5.78. The molecule has 27 heavy (non-hydrogen) atoms. The number of aliphatic imine (C=N–C) groups is 1. The second-order valence-corrected chi connectivity index (χ2v) is 8.01. The van der Waals surface area contributed by atoms with E-state index in [0.29, 0.717) is 0 Å². The fraction of sp³-hybridized carbons (Fsp3) is 0.500. The number of nitrogens with one attached hydrogen (secondary N) is 1. The summed E-state index contributed by atoms with van der Waals surface area (Å²) in [6.45, 7) is 5.51. The van der Waals surface area contributed by atoms with Gasteiger partial charge in [-0.25, -0.2) is 4.98 Å². The van der Waals surface area contributed by atoms with Gasteiger partial charge in [0.15, 0.2) is 5.96 Å². The van der Waals surface area contributed by atoms with E-state index in [1.165, 1.54) is 17.8 Å². The Labute approximate surface area is 164 Å². The topological polar surface area (TPSA) is 53.0 Å². The number of ether oxygens (including phenoxy) is 1. The maximum Gasteiger partial charge on any atom is 0.213 e. The molecule has 144 valence electrons. The van der Waals surface area contributed by atoms with Crippen molar-refractivity contribution < 1.29 is 4.74 Å². The van der Waals surface area contributed by atoms with Crippen LogP contribution in [-0.2, 0) is 6.54 Å². The van der Waals surface area contributed by atoms with Gasteiger partial charge in [0, 0.05) is 52.0 Å². The van der Waals surface area contributed by atoms with Crippen LogP contribution in [0, 0.1) is 5.92 Å². The van der Waals surface area contributed by atoms with Gasteiger partial charge in [-0.1, -0.05) is 0 Å². The van der Waals surface area contributed by atoms with E-state index >= 15 is 0 Å².